The quantitative estimate of drug-likeness (QED) is 0.830. The molecule has 0 radical (unpaired) electrons. The number of imide groups is 1. The molecule has 1 atom stereocenters. The first kappa shape index (κ1) is 17.8. The van der Waals surface area contributed by atoms with Crippen LogP contribution in [0, 0.1) is 17.5 Å². The maximum absolute atomic E-state index is 14.1. The fourth-order valence-electron chi connectivity index (χ4n) is 2.75. The molecule has 5 nitrogen and oxygen atoms in total. The Balaban J connectivity index is 1.72. The van der Waals surface area contributed by atoms with Crippen molar-refractivity contribution >= 4 is 11.9 Å². The third kappa shape index (κ3) is 3.22. The van der Waals surface area contributed by atoms with E-state index in [0.717, 1.165) is 23.1 Å². The molecule has 3 amide bonds. The summed E-state index contributed by atoms with van der Waals surface area (Å²) in [5.41, 5.74) is -1.96. The molecule has 0 saturated carbocycles. The second-order valence-corrected chi connectivity index (χ2v) is 5.94. The van der Waals surface area contributed by atoms with Gasteiger partial charge in [0.05, 0.1) is 6.54 Å². The van der Waals surface area contributed by atoms with Gasteiger partial charge in [0.1, 0.15) is 35.3 Å². The van der Waals surface area contributed by atoms with E-state index < -0.39 is 34.9 Å². The Morgan fingerprint density at radius 2 is 1.69 bits per heavy atom. The highest BCUT2D eigenvalue weighted by Gasteiger charge is 2.50. The molecule has 1 aliphatic rings. The molecule has 0 aliphatic carbocycles. The number of hydrogen-bond donors (Lipinski definition) is 1. The van der Waals surface area contributed by atoms with Crippen molar-refractivity contribution in [2.45, 2.75) is 12.5 Å². The standard InChI is InChI=1S/C18H15F3N2O3/c1-18(14-10-12(20)4-7-15(14)21)16(24)23(17(25)22-18)8-9-26-13-5-2-11(19)3-6-13/h2-7,10H,8-9H2,1H3,(H,22,25)/t18-/m0/s1. The lowest BCUT2D eigenvalue weighted by Crippen LogP contribution is -2.42. The molecule has 0 spiro atoms. The van der Waals surface area contributed by atoms with Crippen LogP contribution in [0.2, 0.25) is 0 Å². The van der Waals surface area contributed by atoms with Crippen LogP contribution in [0.3, 0.4) is 0 Å². The lowest BCUT2D eigenvalue weighted by atomic mass is 9.91. The monoisotopic (exact) mass is 364 g/mol. The molecule has 136 valence electrons. The van der Waals surface area contributed by atoms with E-state index in [1.807, 2.05) is 0 Å². The number of rotatable bonds is 5. The molecule has 2 aromatic carbocycles. The van der Waals surface area contributed by atoms with Crippen molar-refractivity contribution in [2.75, 3.05) is 13.2 Å². The van der Waals surface area contributed by atoms with Crippen molar-refractivity contribution < 1.29 is 27.5 Å². The summed E-state index contributed by atoms with van der Waals surface area (Å²) in [4.78, 5) is 25.6. The second kappa shape index (κ2) is 6.70. The van der Waals surface area contributed by atoms with Crippen LogP contribution in [-0.4, -0.2) is 30.0 Å². The highest BCUT2D eigenvalue weighted by atomic mass is 19.1. The highest BCUT2D eigenvalue weighted by Crippen LogP contribution is 2.31. The molecule has 26 heavy (non-hydrogen) atoms. The van der Waals surface area contributed by atoms with Crippen LogP contribution in [0.5, 0.6) is 5.75 Å². The Morgan fingerprint density at radius 3 is 2.38 bits per heavy atom. The Kier molecular flexibility index (Phi) is 4.58. The lowest BCUT2D eigenvalue weighted by Gasteiger charge is -2.22. The van der Waals surface area contributed by atoms with E-state index in [2.05, 4.69) is 5.32 Å². The smallest absolute Gasteiger partial charge is 0.325 e. The van der Waals surface area contributed by atoms with Crippen LogP contribution in [0.4, 0.5) is 18.0 Å². The van der Waals surface area contributed by atoms with Crippen LogP contribution in [-0.2, 0) is 10.3 Å². The van der Waals surface area contributed by atoms with Crippen LogP contribution >= 0.6 is 0 Å². The van der Waals surface area contributed by atoms with E-state index in [4.69, 9.17) is 4.74 Å². The summed E-state index contributed by atoms with van der Waals surface area (Å²) in [7, 11) is 0. The van der Waals surface area contributed by atoms with Gasteiger partial charge < -0.3 is 10.1 Å². The zero-order valence-electron chi connectivity index (χ0n) is 13.8. The highest BCUT2D eigenvalue weighted by molar-refractivity contribution is 6.07. The number of ether oxygens (including phenoxy) is 1. The number of halogens is 3. The summed E-state index contributed by atoms with van der Waals surface area (Å²) >= 11 is 0. The van der Waals surface area contributed by atoms with E-state index in [1.165, 1.54) is 31.2 Å². The third-order valence-corrected chi connectivity index (χ3v) is 4.14. The number of nitrogens with zero attached hydrogens (tertiary/aromatic N) is 1. The third-order valence-electron chi connectivity index (χ3n) is 4.14. The number of nitrogens with one attached hydrogen (secondary N) is 1. The minimum Gasteiger partial charge on any atom is -0.492 e. The average Bonchev–Trinajstić information content (AvgIpc) is 2.82. The van der Waals surface area contributed by atoms with Gasteiger partial charge in [0.25, 0.3) is 5.91 Å². The number of carbonyl (C=O) groups is 2. The molecule has 2 aromatic rings. The largest absolute Gasteiger partial charge is 0.492 e. The molecule has 1 N–H and O–H groups in total. The topological polar surface area (TPSA) is 58.6 Å². The van der Waals surface area contributed by atoms with E-state index >= 15 is 0 Å². The Labute approximate surface area is 147 Å². The van der Waals surface area contributed by atoms with Crippen molar-refractivity contribution in [3.05, 3.63) is 65.5 Å². The average molecular weight is 364 g/mol. The van der Waals surface area contributed by atoms with Gasteiger partial charge in [-0.25, -0.2) is 18.0 Å². The molecular weight excluding hydrogens is 349 g/mol. The second-order valence-electron chi connectivity index (χ2n) is 5.94. The molecule has 0 aromatic heterocycles. The first-order valence-corrected chi connectivity index (χ1v) is 7.79. The minimum atomic E-state index is -1.71. The van der Waals surface area contributed by atoms with Crippen molar-refractivity contribution in [3.8, 4) is 5.75 Å². The van der Waals surface area contributed by atoms with Crippen LogP contribution in [0.1, 0.15) is 12.5 Å². The number of benzene rings is 2. The molecule has 0 bridgehead atoms. The Hall–Kier alpha value is -3.03. The minimum absolute atomic E-state index is 0.0352. The molecule has 1 aliphatic heterocycles. The van der Waals surface area contributed by atoms with Gasteiger partial charge in [-0.15, -0.1) is 0 Å². The van der Waals surface area contributed by atoms with Gasteiger partial charge in [-0.1, -0.05) is 0 Å². The summed E-state index contributed by atoms with van der Waals surface area (Å²) in [5, 5.41) is 2.40. The van der Waals surface area contributed by atoms with Crippen molar-refractivity contribution in [1.82, 2.24) is 10.2 Å². The summed E-state index contributed by atoms with van der Waals surface area (Å²) in [5.74, 6) is -2.28. The van der Waals surface area contributed by atoms with E-state index in [0.29, 0.717) is 5.75 Å². The van der Waals surface area contributed by atoms with Gasteiger partial charge in [-0.05, 0) is 49.4 Å². The Morgan fingerprint density at radius 1 is 1.04 bits per heavy atom. The SMILES string of the molecule is C[C@@]1(c2cc(F)ccc2F)NC(=O)N(CCOc2ccc(F)cc2)C1=O. The maximum atomic E-state index is 14.1. The summed E-state index contributed by atoms with van der Waals surface area (Å²) in [6.07, 6.45) is 0. The number of carbonyl (C=O) groups excluding carboxylic acids is 2. The molecule has 3 rings (SSSR count). The van der Waals surface area contributed by atoms with Crippen molar-refractivity contribution in [2.24, 2.45) is 0 Å². The molecule has 1 heterocycles. The lowest BCUT2D eigenvalue weighted by molar-refractivity contribution is -0.131. The van der Waals surface area contributed by atoms with Gasteiger partial charge in [0.15, 0.2) is 0 Å². The molecule has 0 unspecified atom stereocenters. The van der Waals surface area contributed by atoms with E-state index in [-0.39, 0.29) is 18.7 Å². The van der Waals surface area contributed by atoms with Crippen LogP contribution < -0.4 is 10.1 Å². The summed E-state index contributed by atoms with van der Waals surface area (Å²) in [6.45, 7) is 1.17. The van der Waals surface area contributed by atoms with Gasteiger partial charge in [0, 0.05) is 5.56 Å². The zero-order valence-corrected chi connectivity index (χ0v) is 13.8. The van der Waals surface area contributed by atoms with Gasteiger partial charge in [-0.2, -0.15) is 0 Å². The first-order valence-electron chi connectivity index (χ1n) is 7.79. The zero-order chi connectivity index (χ0) is 18.9. The fraction of sp³-hybridized carbons (Fsp3) is 0.222. The van der Waals surface area contributed by atoms with Gasteiger partial charge in [-0.3, -0.25) is 9.69 Å². The Bertz CT molecular complexity index is 857. The molecule has 1 saturated heterocycles. The molecule has 1 fully saturated rings. The normalized spacial score (nSPS) is 19.6. The summed E-state index contributed by atoms with van der Waals surface area (Å²) in [6, 6.07) is 7.23. The van der Waals surface area contributed by atoms with Crippen LogP contribution in [0.15, 0.2) is 42.5 Å². The number of amides is 3. The van der Waals surface area contributed by atoms with E-state index in [1.54, 1.807) is 0 Å². The number of hydrogen-bond acceptors (Lipinski definition) is 3. The maximum Gasteiger partial charge on any atom is 0.325 e. The van der Waals surface area contributed by atoms with E-state index in [9.17, 15) is 22.8 Å². The summed E-state index contributed by atoms with van der Waals surface area (Å²) < 4.78 is 45.7. The molecular formula is C18H15F3N2O3. The van der Waals surface area contributed by atoms with Gasteiger partial charge in [0.2, 0.25) is 0 Å². The number of urea groups is 1. The van der Waals surface area contributed by atoms with Crippen molar-refractivity contribution in [1.29, 1.82) is 0 Å². The van der Waals surface area contributed by atoms with Gasteiger partial charge >= 0.3 is 6.03 Å². The van der Waals surface area contributed by atoms with Crippen LogP contribution in [0.25, 0.3) is 0 Å². The first-order chi connectivity index (χ1) is 12.3. The molecule has 8 heteroatoms. The predicted octanol–water partition coefficient (Wildman–Crippen LogP) is 2.95. The predicted molar refractivity (Wildman–Crippen MR) is 85.8 cm³/mol. The van der Waals surface area contributed by atoms with Crippen molar-refractivity contribution in [3.63, 3.8) is 0 Å². The fourth-order valence-corrected chi connectivity index (χ4v) is 2.75.